The molecule has 4 rings (SSSR count). The molecular weight excluding hydrogens is 426 g/mol. The number of rotatable bonds is 7. The number of hydrogen-bond donors (Lipinski definition) is 1. The van der Waals surface area contributed by atoms with Gasteiger partial charge in [-0.2, -0.15) is 0 Å². The average molecular weight is 455 g/mol. The van der Waals surface area contributed by atoms with Crippen molar-refractivity contribution in [3.63, 3.8) is 0 Å². The Bertz CT molecular complexity index is 818. The molecule has 2 saturated carbocycles. The average Bonchev–Trinajstić information content (AvgIpc) is 3.53. The molecule has 2 aliphatic carbocycles. The van der Waals surface area contributed by atoms with E-state index in [1.165, 1.54) is 38.4 Å². The molecule has 0 spiro atoms. The van der Waals surface area contributed by atoms with Crippen LogP contribution in [-0.4, -0.2) is 19.5 Å². The zero-order valence-corrected chi connectivity index (χ0v) is 19.0. The molecule has 160 valence electrons. The molecule has 0 amide bonds. The third-order valence-corrected chi connectivity index (χ3v) is 4.83. The molecule has 2 aliphatic rings. The normalized spacial score (nSPS) is 15.8. The summed E-state index contributed by atoms with van der Waals surface area (Å²) in [7, 11) is 0. The van der Waals surface area contributed by atoms with E-state index >= 15 is 0 Å². The van der Waals surface area contributed by atoms with Gasteiger partial charge in [-0.1, -0.05) is 44.9 Å². The summed E-state index contributed by atoms with van der Waals surface area (Å²) in [5, 5.41) is 0. The van der Waals surface area contributed by atoms with Crippen molar-refractivity contribution in [3.05, 3.63) is 75.9 Å². The molecule has 0 bridgehead atoms. The van der Waals surface area contributed by atoms with Gasteiger partial charge in [0.15, 0.2) is 22.8 Å². The molecule has 6 heteroatoms. The minimum atomic E-state index is 0. The van der Waals surface area contributed by atoms with Gasteiger partial charge < -0.3 is 10.3 Å². The standard InChI is InChI=1S/C20H24N5.C5H5.Fe/c1-2-3-4-5-6-9-14-25-17(13-12-16-10-7-8-11-16)24-18-19(21)22-15-23-20(18)25;1-2-4-5-3-1;/h7-8,10-11,15H,2-6,9,14H2,1H3,(H2,21,22,23);1-5H;/q;;+2. The summed E-state index contributed by atoms with van der Waals surface area (Å²) >= 11 is 0. The van der Waals surface area contributed by atoms with E-state index in [2.05, 4.69) is 38.3 Å². The van der Waals surface area contributed by atoms with Crippen LogP contribution in [0, 0.1) is 75.5 Å². The maximum atomic E-state index is 5.96. The van der Waals surface area contributed by atoms with Crippen LogP contribution < -0.4 is 5.73 Å². The quantitative estimate of drug-likeness (QED) is 0.378. The van der Waals surface area contributed by atoms with Crippen LogP contribution in [0.15, 0.2) is 6.33 Å². The Morgan fingerprint density at radius 2 is 1.48 bits per heavy atom. The van der Waals surface area contributed by atoms with Crippen molar-refractivity contribution in [2.75, 3.05) is 5.73 Å². The predicted octanol–water partition coefficient (Wildman–Crippen LogP) is 4.54. The zero-order chi connectivity index (χ0) is 21.0. The van der Waals surface area contributed by atoms with E-state index < -0.39 is 0 Å². The van der Waals surface area contributed by atoms with Crippen molar-refractivity contribution >= 4 is 17.0 Å². The zero-order valence-electron chi connectivity index (χ0n) is 17.9. The maximum absolute atomic E-state index is 5.96. The molecule has 10 radical (unpaired) electrons. The van der Waals surface area contributed by atoms with Crippen molar-refractivity contribution in [3.8, 4) is 11.8 Å². The first kappa shape index (κ1) is 25.7. The van der Waals surface area contributed by atoms with E-state index in [0.717, 1.165) is 24.5 Å². The Labute approximate surface area is 198 Å². The van der Waals surface area contributed by atoms with Crippen LogP contribution in [0.25, 0.3) is 11.2 Å². The number of hydrogen-bond acceptors (Lipinski definition) is 4. The molecule has 0 aromatic carbocycles. The van der Waals surface area contributed by atoms with E-state index in [9.17, 15) is 0 Å². The van der Waals surface area contributed by atoms with Crippen molar-refractivity contribution < 1.29 is 17.1 Å². The first-order chi connectivity index (χ1) is 14.8. The Morgan fingerprint density at radius 3 is 2.16 bits per heavy atom. The summed E-state index contributed by atoms with van der Waals surface area (Å²) in [4.78, 5) is 13.0. The Balaban J connectivity index is 0.000000501. The van der Waals surface area contributed by atoms with Gasteiger partial charge in [-0.15, -0.1) is 0 Å². The molecule has 2 aromatic heterocycles. The van der Waals surface area contributed by atoms with Gasteiger partial charge >= 0.3 is 17.1 Å². The monoisotopic (exact) mass is 455 g/mol. The topological polar surface area (TPSA) is 69.6 Å². The van der Waals surface area contributed by atoms with Gasteiger partial charge in [0.2, 0.25) is 0 Å². The van der Waals surface area contributed by atoms with Crippen LogP contribution in [0.2, 0.25) is 0 Å². The third kappa shape index (κ3) is 8.13. The van der Waals surface area contributed by atoms with Crippen LogP contribution >= 0.6 is 0 Å². The van der Waals surface area contributed by atoms with Gasteiger partial charge in [0.05, 0.1) is 5.92 Å². The number of imidazole rings is 1. The van der Waals surface area contributed by atoms with E-state index in [0.29, 0.717) is 17.2 Å². The van der Waals surface area contributed by atoms with Crippen molar-refractivity contribution in [1.82, 2.24) is 19.5 Å². The van der Waals surface area contributed by atoms with Crippen LogP contribution in [-0.2, 0) is 23.6 Å². The number of nitrogens with zero attached hydrogens (tertiary/aromatic N) is 4. The summed E-state index contributed by atoms with van der Waals surface area (Å²) in [6.45, 7) is 3.09. The van der Waals surface area contributed by atoms with E-state index in [1.54, 1.807) is 0 Å². The summed E-state index contributed by atoms with van der Waals surface area (Å²) < 4.78 is 2.07. The Hall–Kier alpha value is -1.57. The fourth-order valence-electron chi connectivity index (χ4n) is 3.22. The Kier molecular flexibility index (Phi) is 12.0. The van der Waals surface area contributed by atoms with E-state index in [1.807, 2.05) is 57.8 Å². The molecule has 0 saturated heterocycles. The number of fused-ring (bicyclic) bond motifs is 1. The second-order valence-corrected chi connectivity index (χ2v) is 7.17. The number of unbranched alkanes of at least 4 members (excludes halogenated alkanes) is 5. The van der Waals surface area contributed by atoms with Gasteiger partial charge in [-0.25, -0.2) is 15.0 Å². The molecule has 2 heterocycles. The van der Waals surface area contributed by atoms with E-state index in [-0.39, 0.29) is 17.1 Å². The molecule has 31 heavy (non-hydrogen) atoms. The summed E-state index contributed by atoms with van der Waals surface area (Å²) in [6.07, 6.45) is 26.9. The van der Waals surface area contributed by atoms with Crippen molar-refractivity contribution in [2.45, 2.75) is 52.0 Å². The van der Waals surface area contributed by atoms with Crippen LogP contribution in [0.3, 0.4) is 0 Å². The summed E-state index contributed by atoms with van der Waals surface area (Å²) in [6, 6.07) is 0. The van der Waals surface area contributed by atoms with Crippen LogP contribution in [0.4, 0.5) is 5.82 Å². The molecule has 0 atom stereocenters. The molecule has 2 N–H and O–H groups in total. The van der Waals surface area contributed by atoms with Crippen LogP contribution in [0.1, 0.15) is 51.3 Å². The molecule has 0 aliphatic heterocycles. The van der Waals surface area contributed by atoms with Gasteiger partial charge in [-0.05, 0) is 70.1 Å². The first-order valence-electron chi connectivity index (χ1n) is 10.7. The van der Waals surface area contributed by atoms with Crippen molar-refractivity contribution in [2.24, 2.45) is 0 Å². The molecule has 2 aromatic rings. The smallest absolute Gasteiger partial charge is 0.382 e. The number of anilines is 1. The fraction of sp³-hybridized carbons (Fsp3) is 0.320. The molecule has 2 fully saturated rings. The molecule has 5 nitrogen and oxygen atoms in total. The number of aromatic nitrogens is 4. The van der Waals surface area contributed by atoms with Crippen molar-refractivity contribution in [1.29, 1.82) is 0 Å². The van der Waals surface area contributed by atoms with Gasteiger partial charge in [-0.3, -0.25) is 0 Å². The number of nitrogens with two attached hydrogens (primary N) is 1. The first-order valence-corrected chi connectivity index (χ1v) is 10.7. The minimum Gasteiger partial charge on any atom is -0.382 e. The van der Waals surface area contributed by atoms with E-state index in [4.69, 9.17) is 5.73 Å². The second-order valence-electron chi connectivity index (χ2n) is 7.17. The summed E-state index contributed by atoms with van der Waals surface area (Å²) in [5.41, 5.74) is 7.37. The number of nitrogen functional groups attached to an aromatic ring is 1. The third-order valence-electron chi connectivity index (χ3n) is 4.83. The summed E-state index contributed by atoms with van der Waals surface area (Å²) in [5.74, 6) is 8.42. The largest absolute Gasteiger partial charge is 2.00 e. The van der Waals surface area contributed by atoms with Gasteiger partial charge in [0.25, 0.3) is 0 Å². The fourth-order valence-corrected chi connectivity index (χ4v) is 3.22. The Morgan fingerprint density at radius 1 is 0.839 bits per heavy atom. The van der Waals surface area contributed by atoms with Gasteiger partial charge in [0, 0.05) is 6.54 Å². The maximum Gasteiger partial charge on any atom is 2.00 e. The molecular formula is C25H29FeN5+2. The van der Waals surface area contributed by atoms with Crippen LogP contribution in [0.5, 0.6) is 0 Å². The molecule has 0 unspecified atom stereocenters. The second kappa shape index (κ2) is 14.5. The number of aryl methyl sites for hydroxylation is 1. The SMILES string of the molecule is CCCCCCCCn1c(C#C[C]2[CH][CH][CH][CH]2)nc2c(N)ncnc21.[CH]1[CH][CH][CH][CH]1.[Fe+2]. The minimum absolute atomic E-state index is 0. The van der Waals surface area contributed by atoms with Gasteiger partial charge in [0.1, 0.15) is 6.33 Å². The predicted molar refractivity (Wildman–Crippen MR) is 122 cm³/mol.